The van der Waals surface area contributed by atoms with Crippen molar-refractivity contribution in [1.29, 1.82) is 0 Å². The average Bonchev–Trinajstić information content (AvgIpc) is 2.11. The van der Waals surface area contributed by atoms with E-state index in [1.165, 1.54) is 0 Å². The molecule has 0 amide bonds. The Balaban J connectivity index is 3.20. The van der Waals surface area contributed by atoms with Gasteiger partial charge in [-0.05, 0) is 12.8 Å². The molecule has 2 nitrogen and oxygen atoms in total. The van der Waals surface area contributed by atoms with Gasteiger partial charge < -0.3 is 9.59 Å². The van der Waals surface area contributed by atoms with Crippen LogP contribution in [0.1, 0.15) is 25.7 Å². The van der Waals surface area contributed by atoms with Crippen molar-refractivity contribution in [2.75, 3.05) is 0 Å². The minimum Gasteiger partial charge on any atom is -0.302 e. The third-order valence-electron chi connectivity index (χ3n) is 1.51. The average molecular weight is 394 g/mol. The standard InChI is InChI=1S/C8H12I2O2/c9-7(5-11)3-1-2-4-8(10)6-12/h5-8H,1-4H2. The van der Waals surface area contributed by atoms with Crippen LogP contribution in [0.2, 0.25) is 0 Å². The molecule has 2 atom stereocenters. The van der Waals surface area contributed by atoms with Crippen molar-refractivity contribution >= 4 is 57.8 Å². The Labute approximate surface area is 100 Å². The van der Waals surface area contributed by atoms with E-state index in [-0.39, 0.29) is 7.85 Å². The smallest absolute Gasteiger partial charge is 0.132 e. The summed E-state index contributed by atoms with van der Waals surface area (Å²) in [6.45, 7) is 0. The Morgan fingerprint density at radius 1 is 0.917 bits per heavy atom. The summed E-state index contributed by atoms with van der Waals surface area (Å²) in [6, 6.07) is 0. The maximum Gasteiger partial charge on any atom is 0.132 e. The molecule has 0 heterocycles. The van der Waals surface area contributed by atoms with Crippen molar-refractivity contribution in [3.05, 3.63) is 0 Å². The summed E-state index contributed by atoms with van der Waals surface area (Å²) < 4.78 is 0.290. The minimum absolute atomic E-state index is 0.145. The molecule has 0 radical (unpaired) electrons. The topological polar surface area (TPSA) is 34.1 Å². The van der Waals surface area contributed by atoms with Gasteiger partial charge in [-0.25, -0.2) is 0 Å². The van der Waals surface area contributed by atoms with E-state index in [0.717, 1.165) is 38.3 Å². The second kappa shape index (κ2) is 8.40. The molecule has 0 bridgehead atoms. The number of alkyl halides is 2. The van der Waals surface area contributed by atoms with E-state index in [1.807, 2.05) is 0 Å². The second-order valence-corrected chi connectivity index (χ2v) is 5.79. The van der Waals surface area contributed by atoms with Gasteiger partial charge in [0, 0.05) is 0 Å². The van der Waals surface area contributed by atoms with Crippen LogP contribution in [0, 0.1) is 0 Å². The Kier molecular flexibility index (Phi) is 8.96. The van der Waals surface area contributed by atoms with E-state index in [1.54, 1.807) is 0 Å². The highest BCUT2D eigenvalue weighted by atomic mass is 127. The zero-order chi connectivity index (χ0) is 9.40. The van der Waals surface area contributed by atoms with Crippen molar-refractivity contribution in [2.24, 2.45) is 0 Å². The van der Waals surface area contributed by atoms with Gasteiger partial charge >= 0.3 is 0 Å². The molecule has 0 saturated heterocycles. The first-order chi connectivity index (χ1) is 5.70. The predicted molar refractivity (Wildman–Crippen MR) is 66.2 cm³/mol. The number of aldehydes is 2. The molecule has 0 aromatic carbocycles. The van der Waals surface area contributed by atoms with Crippen molar-refractivity contribution in [2.45, 2.75) is 33.5 Å². The first-order valence-electron chi connectivity index (χ1n) is 3.89. The highest BCUT2D eigenvalue weighted by molar-refractivity contribution is 14.1. The summed E-state index contributed by atoms with van der Waals surface area (Å²) in [5.74, 6) is 0. The number of unbranched alkanes of at least 4 members (excludes halogenated alkanes) is 1. The Morgan fingerprint density at radius 3 is 1.50 bits per heavy atom. The van der Waals surface area contributed by atoms with Gasteiger partial charge in [-0.15, -0.1) is 0 Å². The van der Waals surface area contributed by atoms with Crippen molar-refractivity contribution < 1.29 is 9.59 Å². The van der Waals surface area contributed by atoms with Gasteiger partial charge in [0.1, 0.15) is 12.6 Å². The fourth-order valence-electron chi connectivity index (χ4n) is 0.815. The molecule has 12 heavy (non-hydrogen) atoms. The zero-order valence-electron chi connectivity index (χ0n) is 6.71. The monoisotopic (exact) mass is 394 g/mol. The minimum atomic E-state index is 0.145. The lowest BCUT2D eigenvalue weighted by molar-refractivity contribution is -0.108. The molecule has 0 aromatic rings. The van der Waals surface area contributed by atoms with Gasteiger partial charge in [-0.1, -0.05) is 58.0 Å². The summed E-state index contributed by atoms with van der Waals surface area (Å²) in [6.07, 6.45) is 5.90. The molecule has 0 spiro atoms. The SMILES string of the molecule is O=CC(I)CCCCC(I)C=O. The van der Waals surface area contributed by atoms with Crippen LogP contribution in [0.5, 0.6) is 0 Å². The second-order valence-electron chi connectivity index (χ2n) is 2.59. The lowest BCUT2D eigenvalue weighted by Crippen LogP contribution is -2.01. The van der Waals surface area contributed by atoms with E-state index < -0.39 is 0 Å². The fraction of sp³-hybridized carbons (Fsp3) is 0.750. The number of carbonyl (C=O) groups excluding carboxylic acids is 2. The summed E-state index contributed by atoms with van der Waals surface area (Å²) in [7, 11) is 0. The lowest BCUT2D eigenvalue weighted by atomic mass is 10.1. The normalized spacial score (nSPS) is 15.2. The Morgan fingerprint density at radius 2 is 1.25 bits per heavy atom. The zero-order valence-corrected chi connectivity index (χ0v) is 11.0. The van der Waals surface area contributed by atoms with Gasteiger partial charge in [0.25, 0.3) is 0 Å². The van der Waals surface area contributed by atoms with E-state index in [4.69, 9.17) is 0 Å². The highest BCUT2D eigenvalue weighted by Gasteiger charge is 2.03. The van der Waals surface area contributed by atoms with Crippen LogP contribution in [-0.2, 0) is 9.59 Å². The quantitative estimate of drug-likeness (QED) is 0.288. The number of hydrogen-bond acceptors (Lipinski definition) is 2. The van der Waals surface area contributed by atoms with Crippen LogP contribution in [-0.4, -0.2) is 20.4 Å². The Bertz CT molecular complexity index is 123. The molecule has 0 aromatic heterocycles. The molecule has 2 unspecified atom stereocenters. The molecule has 0 fully saturated rings. The molecule has 0 saturated carbocycles. The first-order valence-corrected chi connectivity index (χ1v) is 6.38. The molecule has 0 rings (SSSR count). The predicted octanol–water partition coefficient (Wildman–Crippen LogP) is 2.55. The molecule has 0 aliphatic rings. The van der Waals surface area contributed by atoms with Gasteiger partial charge in [-0.2, -0.15) is 0 Å². The van der Waals surface area contributed by atoms with E-state index in [9.17, 15) is 9.59 Å². The molecule has 4 heteroatoms. The van der Waals surface area contributed by atoms with Gasteiger partial charge in [0.05, 0.1) is 7.85 Å². The molecule has 0 aliphatic heterocycles. The number of carbonyl (C=O) groups is 2. The van der Waals surface area contributed by atoms with Crippen molar-refractivity contribution in [3.63, 3.8) is 0 Å². The summed E-state index contributed by atoms with van der Waals surface area (Å²) in [5, 5.41) is 0. The molecular weight excluding hydrogens is 382 g/mol. The van der Waals surface area contributed by atoms with Crippen LogP contribution >= 0.6 is 45.2 Å². The van der Waals surface area contributed by atoms with Gasteiger partial charge in [0.2, 0.25) is 0 Å². The summed E-state index contributed by atoms with van der Waals surface area (Å²) in [5.41, 5.74) is 0. The summed E-state index contributed by atoms with van der Waals surface area (Å²) >= 11 is 4.26. The summed E-state index contributed by atoms with van der Waals surface area (Å²) in [4.78, 5) is 20.4. The Hall–Kier alpha value is 0.800. The van der Waals surface area contributed by atoms with Crippen LogP contribution in [0.15, 0.2) is 0 Å². The number of halogens is 2. The molecular formula is C8H12I2O2. The lowest BCUT2D eigenvalue weighted by Gasteiger charge is -2.02. The number of hydrogen-bond donors (Lipinski definition) is 0. The molecule has 70 valence electrons. The largest absolute Gasteiger partial charge is 0.302 e. The first kappa shape index (κ1) is 12.8. The van der Waals surface area contributed by atoms with Crippen LogP contribution in [0.25, 0.3) is 0 Å². The molecule has 0 N–H and O–H groups in total. The van der Waals surface area contributed by atoms with Crippen LogP contribution in [0.4, 0.5) is 0 Å². The maximum atomic E-state index is 10.2. The molecule has 0 aliphatic carbocycles. The third-order valence-corrected chi connectivity index (χ3v) is 3.34. The van der Waals surface area contributed by atoms with Gasteiger partial charge in [-0.3, -0.25) is 0 Å². The number of rotatable bonds is 7. The van der Waals surface area contributed by atoms with E-state index >= 15 is 0 Å². The van der Waals surface area contributed by atoms with Crippen molar-refractivity contribution in [1.82, 2.24) is 0 Å². The van der Waals surface area contributed by atoms with E-state index in [0.29, 0.717) is 0 Å². The van der Waals surface area contributed by atoms with E-state index in [2.05, 4.69) is 45.2 Å². The maximum absolute atomic E-state index is 10.2. The van der Waals surface area contributed by atoms with Gasteiger partial charge in [0.15, 0.2) is 0 Å². The fourth-order valence-corrected chi connectivity index (χ4v) is 1.70. The van der Waals surface area contributed by atoms with Crippen LogP contribution < -0.4 is 0 Å². The third kappa shape index (κ3) is 7.45. The highest BCUT2D eigenvalue weighted by Crippen LogP contribution is 2.13. The van der Waals surface area contributed by atoms with Crippen LogP contribution in [0.3, 0.4) is 0 Å². The van der Waals surface area contributed by atoms with Crippen molar-refractivity contribution in [3.8, 4) is 0 Å².